The lowest BCUT2D eigenvalue weighted by Crippen LogP contribution is -2.51. The van der Waals surface area contributed by atoms with E-state index in [1.54, 1.807) is 5.57 Å². The Kier molecular flexibility index (Phi) is 7.72. The molecule has 0 aliphatic heterocycles. The van der Waals surface area contributed by atoms with Crippen molar-refractivity contribution in [1.29, 1.82) is 0 Å². The minimum absolute atomic E-state index is 0.00772. The van der Waals surface area contributed by atoms with Crippen molar-refractivity contribution in [2.75, 3.05) is 0 Å². The van der Waals surface area contributed by atoms with Crippen molar-refractivity contribution in [2.24, 2.45) is 46.3 Å². The zero-order chi connectivity index (χ0) is 23.8. The number of allylic oxidation sites excluding steroid dienone is 1. The van der Waals surface area contributed by atoms with Crippen LogP contribution in [0.15, 0.2) is 11.6 Å². The summed E-state index contributed by atoms with van der Waals surface area (Å²) < 4.78 is 5.85. The summed E-state index contributed by atoms with van der Waals surface area (Å²) in [5.74, 6) is 5.31. The standard InChI is InChI=1S/C31H52O2/c1-7-9-29(32)33-24-16-18-30(5)23(20-24)12-13-25-27-15-14-26(22(4)11-8-10-21(2)3)31(27,6)19-17-28(25)30/h12,21-22,24-28H,7-11,13-20H2,1-6H3/t22-,24-,25+,26-,27-,28+,30+,31-/m1/s1. The van der Waals surface area contributed by atoms with Gasteiger partial charge in [0, 0.05) is 12.8 Å². The molecule has 4 rings (SSSR count). The molecule has 33 heavy (non-hydrogen) atoms. The number of ether oxygens (including phenoxy) is 1. The van der Waals surface area contributed by atoms with E-state index in [0.717, 1.165) is 54.8 Å². The van der Waals surface area contributed by atoms with Crippen LogP contribution in [0.2, 0.25) is 0 Å². The van der Waals surface area contributed by atoms with Gasteiger partial charge in [0.05, 0.1) is 0 Å². The molecule has 2 heteroatoms. The Labute approximate surface area is 204 Å². The van der Waals surface area contributed by atoms with E-state index in [9.17, 15) is 4.79 Å². The smallest absolute Gasteiger partial charge is 0.306 e. The van der Waals surface area contributed by atoms with Crippen LogP contribution in [0, 0.1) is 46.3 Å². The molecule has 0 heterocycles. The summed E-state index contributed by atoms with van der Waals surface area (Å²) in [4.78, 5) is 12.1. The fourth-order valence-corrected chi connectivity index (χ4v) is 9.20. The van der Waals surface area contributed by atoms with Crippen LogP contribution < -0.4 is 0 Å². The highest BCUT2D eigenvalue weighted by Gasteiger charge is 2.59. The molecule has 0 amide bonds. The summed E-state index contributed by atoms with van der Waals surface area (Å²) in [5.41, 5.74) is 2.54. The van der Waals surface area contributed by atoms with Gasteiger partial charge in [-0.15, -0.1) is 0 Å². The first-order chi connectivity index (χ1) is 15.7. The van der Waals surface area contributed by atoms with Crippen molar-refractivity contribution in [2.45, 2.75) is 131 Å². The molecule has 4 aliphatic carbocycles. The van der Waals surface area contributed by atoms with Crippen LogP contribution >= 0.6 is 0 Å². The first kappa shape index (κ1) is 25.3. The Hall–Kier alpha value is -0.790. The Morgan fingerprint density at radius 1 is 1.06 bits per heavy atom. The summed E-state index contributed by atoms with van der Waals surface area (Å²) in [6.45, 7) is 14.6. The van der Waals surface area contributed by atoms with Crippen molar-refractivity contribution in [3.8, 4) is 0 Å². The second kappa shape index (κ2) is 10.1. The molecule has 0 saturated heterocycles. The molecule has 0 unspecified atom stereocenters. The maximum Gasteiger partial charge on any atom is 0.306 e. The van der Waals surface area contributed by atoms with Crippen LogP contribution in [-0.4, -0.2) is 12.1 Å². The highest BCUT2D eigenvalue weighted by molar-refractivity contribution is 5.69. The predicted octanol–water partition coefficient (Wildman–Crippen LogP) is 8.74. The zero-order valence-electron chi connectivity index (χ0n) is 22.6. The van der Waals surface area contributed by atoms with Crippen molar-refractivity contribution >= 4 is 5.97 Å². The summed E-state index contributed by atoms with van der Waals surface area (Å²) in [6, 6.07) is 0. The highest BCUT2D eigenvalue weighted by Crippen LogP contribution is 2.67. The number of esters is 1. The first-order valence-electron chi connectivity index (χ1n) is 14.6. The number of carbonyl (C=O) groups is 1. The predicted molar refractivity (Wildman–Crippen MR) is 138 cm³/mol. The lowest BCUT2D eigenvalue weighted by atomic mass is 9.47. The third kappa shape index (κ3) is 4.84. The summed E-state index contributed by atoms with van der Waals surface area (Å²) in [6.07, 6.45) is 18.8. The van der Waals surface area contributed by atoms with E-state index in [2.05, 4.69) is 47.6 Å². The summed E-state index contributed by atoms with van der Waals surface area (Å²) in [5, 5.41) is 0. The fraction of sp³-hybridized carbons (Fsp3) is 0.903. The Balaban J connectivity index is 1.43. The van der Waals surface area contributed by atoms with Crippen molar-refractivity contribution in [3.63, 3.8) is 0 Å². The molecule has 0 radical (unpaired) electrons. The molecular formula is C31H52O2. The van der Waals surface area contributed by atoms with Gasteiger partial charge in [-0.3, -0.25) is 4.79 Å². The lowest BCUT2D eigenvalue weighted by molar-refractivity contribution is -0.151. The normalized spacial score (nSPS) is 41.1. The van der Waals surface area contributed by atoms with Crippen molar-refractivity contribution in [3.05, 3.63) is 11.6 Å². The fourth-order valence-electron chi connectivity index (χ4n) is 9.20. The van der Waals surface area contributed by atoms with Crippen LogP contribution in [0.25, 0.3) is 0 Å². The molecule has 4 aliphatic rings. The third-order valence-electron chi connectivity index (χ3n) is 11.0. The SMILES string of the molecule is CCCC(=O)O[C@@H]1CC[C@@]2(C)C(=CC[C@H]3[C@H]4CC[C@H]([C@H](C)CCCC(C)C)[C@@]4(C)CC[C@@H]32)C1. The first-order valence-corrected chi connectivity index (χ1v) is 14.6. The van der Waals surface area contributed by atoms with Gasteiger partial charge in [-0.25, -0.2) is 0 Å². The van der Waals surface area contributed by atoms with Gasteiger partial charge >= 0.3 is 5.97 Å². The zero-order valence-corrected chi connectivity index (χ0v) is 22.6. The largest absolute Gasteiger partial charge is 0.462 e. The van der Waals surface area contributed by atoms with E-state index in [-0.39, 0.29) is 12.1 Å². The van der Waals surface area contributed by atoms with Gasteiger partial charge in [0.2, 0.25) is 0 Å². The van der Waals surface area contributed by atoms with Crippen molar-refractivity contribution < 1.29 is 9.53 Å². The van der Waals surface area contributed by atoms with Crippen LogP contribution in [0.1, 0.15) is 125 Å². The number of hydrogen-bond donors (Lipinski definition) is 0. The molecule has 8 atom stereocenters. The molecular weight excluding hydrogens is 404 g/mol. The quantitative estimate of drug-likeness (QED) is 0.269. The maximum absolute atomic E-state index is 12.1. The Morgan fingerprint density at radius 3 is 2.58 bits per heavy atom. The average molecular weight is 457 g/mol. The van der Waals surface area contributed by atoms with E-state index in [0.29, 0.717) is 17.3 Å². The highest BCUT2D eigenvalue weighted by atomic mass is 16.5. The molecule has 2 nitrogen and oxygen atoms in total. The minimum atomic E-state index is 0.00772. The van der Waals surface area contributed by atoms with E-state index in [4.69, 9.17) is 4.74 Å². The molecule has 0 spiro atoms. The van der Waals surface area contributed by atoms with Crippen LogP contribution in [0.3, 0.4) is 0 Å². The molecule has 0 N–H and O–H groups in total. The monoisotopic (exact) mass is 456 g/mol. The maximum atomic E-state index is 12.1. The van der Waals surface area contributed by atoms with Gasteiger partial charge in [0.1, 0.15) is 6.10 Å². The van der Waals surface area contributed by atoms with Gasteiger partial charge in [0.15, 0.2) is 0 Å². The van der Waals surface area contributed by atoms with Gasteiger partial charge in [0.25, 0.3) is 0 Å². The Morgan fingerprint density at radius 2 is 1.85 bits per heavy atom. The van der Waals surface area contributed by atoms with Gasteiger partial charge in [-0.05, 0) is 97.7 Å². The second-order valence-electron chi connectivity index (χ2n) is 13.4. The number of fused-ring (bicyclic) bond motifs is 5. The van der Waals surface area contributed by atoms with Crippen LogP contribution in [0.5, 0.6) is 0 Å². The van der Waals surface area contributed by atoms with E-state index in [1.165, 1.54) is 57.8 Å². The van der Waals surface area contributed by atoms with Gasteiger partial charge in [-0.2, -0.15) is 0 Å². The average Bonchev–Trinajstić information content (AvgIpc) is 3.11. The molecule has 0 aromatic heterocycles. The number of hydrogen-bond acceptors (Lipinski definition) is 2. The van der Waals surface area contributed by atoms with E-state index in [1.807, 2.05) is 0 Å². The van der Waals surface area contributed by atoms with Crippen molar-refractivity contribution in [1.82, 2.24) is 0 Å². The number of rotatable bonds is 8. The second-order valence-corrected chi connectivity index (χ2v) is 13.4. The van der Waals surface area contributed by atoms with Gasteiger partial charge < -0.3 is 4.74 Å². The van der Waals surface area contributed by atoms with E-state index >= 15 is 0 Å². The summed E-state index contributed by atoms with van der Waals surface area (Å²) in [7, 11) is 0. The summed E-state index contributed by atoms with van der Waals surface area (Å²) >= 11 is 0. The van der Waals surface area contributed by atoms with E-state index < -0.39 is 0 Å². The molecule has 3 fully saturated rings. The minimum Gasteiger partial charge on any atom is -0.462 e. The van der Waals surface area contributed by atoms with Crippen LogP contribution in [-0.2, 0) is 9.53 Å². The molecule has 0 aromatic rings. The molecule has 188 valence electrons. The molecule has 0 aromatic carbocycles. The lowest BCUT2D eigenvalue weighted by Gasteiger charge is -2.58. The van der Waals surface area contributed by atoms with Crippen LogP contribution in [0.4, 0.5) is 0 Å². The molecule has 3 saturated carbocycles. The molecule has 0 bridgehead atoms. The van der Waals surface area contributed by atoms with Gasteiger partial charge in [-0.1, -0.05) is 72.5 Å². The third-order valence-corrected chi connectivity index (χ3v) is 11.0. The number of carbonyl (C=O) groups excluding carboxylic acids is 1. The topological polar surface area (TPSA) is 26.3 Å². The Bertz CT molecular complexity index is 722.